The van der Waals surface area contributed by atoms with Gasteiger partial charge in [0.2, 0.25) is 0 Å². The SMILES string of the molecule is Cc1nn(C)c(N(C)C)c1CNC1CC1c1ccccc1. The number of rotatable bonds is 5. The van der Waals surface area contributed by atoms with Gasteiger partial charge in [0.25, 0.3) is 0 Å². The standard InChI is InChI=1S/C17H24N4/c1-12-15(17(20(2)3)21(4)19-12)11-18-16-10-14(16)13-8-6-5-7-9-13/h5-9,14,16,18H,10-11H2,1-4H3. The van der Waals surface area contributed by atoms with Crippen LogP contribution in [0.4, 0.5) is 5.82 Å². The smallest absolute Gasteiger partial charge is 0.130 e. The molecule has 0 amide bonds. The van der Waals surface area contributed by atoms with E-state index < -0.39 is 0 Å². The molecule has 21 heavy (non-hydrogen) atoms. The number of anilines is 1. The van der Waals surface area contributed by atoms with Crippen LogP contribution >= 0.6 is 0 Å². The van der Waals surface area contributed by atoms with E-state index in [1.165, 1.54) is 23.4 Å². The minimum atomic E-state index is 0.599. The third-order valence-electron chi connectivity index (χ3n) is 4.30. The Labute approximate surface area is 126 Å². The lowest BCUT2D eigenvalue weighted by atomic mass is 10.1. The van der Waals surface area contributed by atoms with E-state index >= 15 is 0 Å². The maximum atomic E-state index is 4.54. The minimum absolute atomic E-state index is 0.599. The topological polar surface area (TPSA) is 33.1 Å². The molecule has 2 aromatic rings. The van der Waals surface area contributed by atoms with E-state index in [4.69, 9.17) is 0 Å². The molecule has 0 bridgehead atoms. The minimum Gasteiger partial charge on any atom is -0.363 e. The molecule has 1 saturated carbocycles. The molecule has 0 spiro atoms. The highest BCUT2D eigenvalue weighted by molar-refractivity contribution is 5.49. The third-order valence-corrected chi connectivity index (χ3v) is 4.30. The lowest BCUT2D eigenvalue weighted by Gasteiger charge is -2.15. The van der Waals surface area contributed by atoms with Crippen LogP contribution in [0.25, 0.3) is 0 Å². The molecule has 1 aromatic heterocycles. The van der Waals surface area contributed by atoms with Gasteiger partial charge in [-0.25, -0.2) is 0 Å². The first-order valence-electron chi connectivity index (χ1n) is 7.56. The number of benzene rings is 1. The zero-order valence-electron chi connectivity index (χ0n) is 13.3. The Hall–Kier alpha value is -1.81. The lowest BCUT2D eigenvalue weighted by molar-refractivity contribution is 0.669. The Morgan fingerprint density at radius 2 is 2.00 bits per heavy atom. The maximum absolute atomic E-state index is 4.54. The molecule has 0 saturated heterocycles. The van der Waals surface area contributed by atoms with E-state index in [0.717, 1.165) is 12.2 Å². The van der Waals surface area contributed by atoms with Crippen LogP contribution in [0.2, 0.25) is 0 Å². The number of hydrogen-bond donors (Lipinski definition) is 1. The highest BCUT2D eigenvalue weighted by Gasteiger charge is 2.37. The van der Waals surface area contributed by atoms with Gasteiger partial charge in [-0.3, -0.25) is 4.68 Å². The van der Waals surface area contributed by atoms with Gasteiger partial charge in [-0.1, -0.05) is 30.3 Å². The highest BCUT2D eigenvalue weighted by atomic mass is 15.4. The molecule has 1 aliphatic carbocycles. The lowest BCUT2D eigenvalue weighted by Crippen LogP contribution is -2.21. The van der Waals surface area contributed by atoms with Crippen molar-refractivity contribution in [3.63, 3.8) is 0 Å². The number of hydrogen-bond acceptors (Lipinski definition) is 3. The summed E-state index contributed by atoms with van der Waals surface area (Å²) in [6.07, 6.45) is 1.24. The van der Waals surface area contributed by atoms with Crippen LogP contribution in [0.15, 0.2) is 30.3 Å². The summed E-state index contributed by atoms with van der Waals surface area (Å²) < 4.78 is 1.97. The molecule has 1 aromatic carbocycles. The molecular formula is C17H24N4. The van der Waals surface area contributed by atoms with Crippen molar-refractivity contribution in [1.82, 2.24) is 15.1 Å². The molecule has 2 atom stereocenters. The van der Waals surface area contributed by atoms with Gasteiger partial charge in [-0.15, -0.1) is 0 Å². The van der Waals surface area contributed by atoms with Crippen molar-refractivity contribution >= 4 is 5.82 Å². The summed E-state index contributed by atoms with van der Waals surface area (Å²) in [5, 5.41) is 8.23. The molecule has 4 heteroatoms. The monoisotopic (exact) mass is 284 g/mol. The number of nitrogens with zero attached hydrogens (tertiary/aromatic N) is 3. The molecule has 1 heterocycles. The first-order valence-corrected chi connectivity index (χ1v) is 7.56. The average molecular weight is 284 g/mol. The van der Waals surface area contributed by atoms with Gasteiger partial charge < -0.3 is 10.2 Å². The zero-order valence-corrected chi connectivity index (χ0v) is 13.3. The quantitative estimate of drug-likeness (QED) is 0.915. The van der Waals surface area contributed by atoms with Crippen LogP contribution in [0, 0.1) is 6.92 Å². The summed E-state index contributed by atoms with van der Waals surface area (Å²) in [5.41, 5.74) is 3.87. The second-order valence-electron chi connectivity index (χ2n) is 6.15. The maximum Gasteiger partial charge on any atom is 0.130 e. The Bertz CT molecular complexity index is 615. The van der Waals surface area contributed by atoms with Gasteiger partial charge in [0.05, 0.1) is 5.69 Å². The summed E-state index contributed by atoms with van der Waals surface area (Å²) in [5.74, 6) is 1.86. The molecule has 1 aliphatic rings. The zero-order chi connectivity index (χ0) is 15.0. The van der Waals surface area contributed by atoms with Crippen LogP contribution in [0.1, 0.15) is 29.2 Å². The van der Waals surface area contributed by atoms with E-state index in [-0.39, 0.29) is 0 Å². The van der Waals surface area contributed by atoms with Crippen LogP contribution in [-0.4, -0.2) is 29.9 Å². The summed E-state index contributed by atoms with van der Waals surface area (Å²) in [7, 11) is 6.16. The predicted molar refractivity (Wildman–Crippen MR) is 86.7 cm³/mol. The summed E-state index contributed by atoms with van der Waals surface area (Å²) in [4.78, 5) is 2.14. The van der Waals surface area contributed by atoms with Gasteiger partial charge in [0.1, 0.15) is 5.82 Å². The van der Waals surface area contributed by atoms with Crippen molar-refractivity contribution in [3.05, 3.63) is 47.2 Å². The summed E-state index contributed by atoms with van der Waals surface area (Å²) >= 11 is 0. The van der Waals surface area contributed by atoms with Crippen LogP contribution in [0.3, 0.4) is 0 Å². The van der Waals surface area contributed by atoms with Crippen molar-refractivity contribution in [3.8, 4) is 0 Å². The van der Waals surface area contributed by atoms with E-state index in [9.17, 15) is 0 Å². The van der Waals surface area contributed by atoms with Gasteiger partial charge in [-0.05, 0) is 18.9 Å². The van der Waals surface area contributed by atoms with Crippen molar-refractivity contribution < 1.29 is 0 Å². The molecule has 3 rings (SSSR count). The van der Waals surface area contributed by atoms with Crippen molar-refractivity contribution in [2.75, 3.05) is 19.0 Å². The Kier molecular flexibility index (Phi) is 3.72. The molecule has 0 radical (unpaired) electrons. The van der Waals surface area contributed by atoms with Crippen LogP contribution in [-0.2, 0) is 13.6 Å². The molecule has 0 aliphatic heterocycles. The van der Waals surface area contributed by atoms with Gasteiger partial charge in [-0.2, -0.15) is 5.10 Å². The second-order valence-corrected chi connectivity index (χ2v) is 6.15. The second kappa shape index (κ2) is 5.53. The third kappa shape index (κ3) is 2.81. The number of aromatic nitrogens is 2. The number of aryl methyl sites for hydroxylation is 2. The van der Waals surface area contributed by atoms with E-state index in [2.05, 4.69) is 66.7 Å². The van der Waals surface area contributed by atoms with Crippen LogP contribution < -0.4 is 10.2 Å². The first-order chi connectivity index (χ1) is 10.1. The Morgan fingerprint density at radius 3 is 2.67 bits per heavy atom. The largest absolute Gasteiger partial charge is 0.363 e. The molecule has 1 fully saturated rings. The Morgan fingerprint density at radius 1 is 1.29 bits per heavy atom. The highest BCUT2D eigenvalue weighted by Crippen LogP contribution is 2.41. The van der Waals surface area contributed by atoms with E-state index in [0.29, 0.717) is 12.0 Å². The summed E-state index contributed by atoms with van der Waals surface area (Å²) in [6.45, 7) is 2.98. The van der Waals surface area contributed by atoms with Gasteiger partial charge in [0, 0.05) is 45.2 Å². The summed E-state index contributed by atoms with van der Waals surface area (Å²) in [6, 6.07) is 11.4. The number of nitrogens with one attached hydrogen (secondary N) is 1. The molecule has 2 unspecified atom stereocenters. The first kappa shape index (κ1) is 14.1. The normalized spacial score (nSPS) is 20.6. The Balaban J connectivity index is 1.65. The average Bonchev–Trinajstić information content (AvgIpc) is 3.17. The van der Waals surface area contributed by atoms with Crippen LogP contribution in [0.5, 0.6) is 0 Å². The predicted octanol–water partition coefficient (Wildman–Crippen LogP) is 2.44. The fourth-order valence-corrected chi connectivity index (χ4v) is 3.18. The molecular weight excluding hydrogens is 260 g/mol. The van der Waals surface area contributed by atoms with Gasteiger partial charge >= 0.3 is 0 Å². The van der Waals surface area contributed by atoms with Gasteiger partial charge in [0.15, 0.2) is 0 Å². The molecule has 112 valence electrons. The van der Waals surface area contributed by atoms with E-state index in [1.54, 1.807) is 0 Å². The fraction of sp³-hybridized carbons (Fsp3) is 0.471. The van der Waals surface area contributed by atoms with Crippen molar-refractivity contribution in [2.24, 2.45) is 7.05 Å². The van der Waals surface area contributed by atoms with Crippen molar-refractivity contribution in [2.45, 2.75) is 31.8 Å². The molecule has 4 nitrogen and oxygen atoms in total. The fourth-order valence-electron chi connectivity index (χ4n) is 3.18. The van der Waals surface area contributed by atoms with E-state index in [1.807, 2.05) is 11.7 Å². The molecule has 1 N–H and O–H groups in total. The van der Waals surface area contributed by atoms with Crippen molar-refractivity contribution in [1.29, 1.82) is 0 Å².